The fourth-order valence-electron chi connectivity index (χ4n) is 2.68. The number of carboxylic acids is 2. The normalized spacial score (nSPS) is 10.4. The Kier molecular flexibility index (Phi) is 4.76. The van der Waals surface area contributed by atoms with Crippen molar-refractivity contribution >= 4 is 17.7 Å². The van der Waals surface area contributed by atoms with Gasteiger partial charge in [-0.25, -0.2) is 0 Å². The minimum absolute atomic E-state index is 0.0227. The van der Waals surface area contributed by atoms with Gasteiger partial charge < -0.3 is 29.0 Å². The van der Waals surface area contributed by atoms with Gasteiger partial charge in [-0.1, -0.05) is 24.3 Å². The van der Waals surface area contributed by atoms with Crippen molar-refractivity contribution < 1.29 is 33.8 Å². The molecule has 2 aromatic carbocycles. The van der Waals surface area contributed by atoms with Crippen LogP contribution in [0.15, 0.2) is 59.2 Å². The van der Waals surface area contributed by atoms with Crippen molar-refractivity contribution in [2.75, 3.05) is 7.11 Å². The predicted octanol–water partition coefficient (Wildman–Crippen LogP) is 0.913. The highest BCUT2D eigenvalue weighted by molar-refractivity contribution is 6.16. The number of ketones is 1. The molecule has 7 heteroatoms. The lowest BCUT2D eigenvalue weighted by Gasteiger charge is -2.11. The zero-order valence-corrected chi connectivity index (χ0v) is 14.1. The maximum atomic E-state index is 12.7. The van der Waals surface area contributed by atoms with E-state index in [9.17, 15) is 24.6 Å². The highest BCUT2D eigenvalue weighted by Gasteiger charge is 2.24. The van der Waals surface area contributed by atoms with Crippen molar-refractivity contribution in [1.29, 1.82) is 0 Å². The minimum atomic E-state index is -1.66. The second-order valence-corrected chi connectivity index (χ2v) is 5.53. The van der Waals surface area contributed by atoms with Crippen LogP contribution in [0.3, 0.4) is 0 Å². The van der Waals surface area contributed by atoms with Crippen LogP contribution >= 0.6 is 0 Å². The number of furan rings is 1. The molecule has 0 atom stereocenters. The molecule has 0 bridgehead atoms. The lowest BCUT2D eigenvalue weighted by molar-refractivity contribution is -0.256. The molecular weight excluding hydrogens is 352 g/mol. The molecule has 0 radical (unpaired) electrons. The van der Waals surface area contributed by atoms with Crippen LogP contribution < -0.4 is 14.9 Å². The van der Waals surface area contributed by atoms with Gasteiger partial charge >= 0.3 is 0 Å². The van der Waals surface area contributed by atoms with E-state index in [1.54, 1.807) is 12.1 Å². The Balaban J connectivity index is 2.13. The van der Waals surface area contributed by atoms with Gasteiger partial charge in [0.05, 0.1) is 30.2 Å². The molecule has 0 unspecified atom stereocenters. The van der Waals surface area contributed by atoms with Gasteiger partial charge in [-0.2, -0.15) is 0 Å². The van der Waals surface area contributed by atoms with Gasteiger partial charge in [0.15, 0.2) is 5.78 Å². The zero-order valence-electron chi connectivity index (χ0n) is 14.1. The van der Waals surface area contributed by atoms with Crippen LogP contribution in [-0.4, -0.2) is 24.8 Å². The van der Waals surface area contributed by atoms with E-state index >= 15 is 0 Å². The Labute approximate surface area is 153 Å². The van der Waals surface area contributed by atoms with Gasteiger partial charge in [-0.15, -0.1) is 0 Å². The lowest BCUT2D eigenvalue weighted by Crippen LogP contribution is -2.26. The van der Waals surface area contributed by atoms with E-state index < -0.39 is 23.3 Å². The van der Waals surface area contributed by atoms with Gasteiger partial charge in [0.2, 0.25) is 0 Å². The van der Waals surface area contributed by atoms with Crippen molar-refractivity contribution in [2.45, 2.75) is 0 Å². The number of carboxylic acid groups (broad SMARTS) is 2. The molecule has 1 heterocycles. The molecule has 3 aromatic rings. The molecule has 0 saturated carbocycles. The molecule has 0 aliphatic rings. The molecule has 0 spiro atoms. The standard InChI is InChI=1S/C20H14O7/c1-26-12-8-6-11(7-9-12)17(21)15-10-27-18(16(15)20(24)25)13-4-2-3-5-14(13)19(22)23/h2-10H,1H3,(H,22,23)(H,24,25)/p-2. The average molecular weight is 364 g/mol. The third-order valence-corrected chi connectivity index (χ3v) is 3.98. The third-order valence-electron chi connectivity index (χ3n) is 3.98. The number of carbonyl (C=O) groups excluding carboxylic acids is 3. The number of aromatic carboxylic acids is 2. The number of rotatable bonds is 6. The van der Waals surface area contributed by atoms with Crippen molar-refractivity contribution in [1.82, 2.24) is 0 Å². The quantitative estimate of drug-likeness (QED) is 0.596. The van der Waals surface area contributed by atoms with Crippen molar-refractivity contribution in [3.63, 3.8) is 0 Å². The minimum Gasteiger partial charge on any atom is -0.545 e. The van der Waals surface area contributed by atoms with Gasteiger partial charge in [0, 0.05) is 16.7 Å². The first-order valence-corrected chi connectivity index (χ1v) is 7.76. The van der Waals surface area contributed by atoms with Gasteiger partial charge in [0.1, 0.15) is 17.8 Å². The topological polar surface area (TPSA) is 120 Å². The summed E-state index contributed by atoms with van der Waals surface area (Å²) in [5.41, 5.74) is -0.852. The highest BCUT2D eigenvalue weighted by Crippen LogP contribution is 2.32. The van der Waals surface area contributed by atoms with Gasteiger partial charge in [0.25, 0.3) is 0 Å². The van der Waals surface area contributed by atoms with Crippen LogP contribution in [0.25, 0.3) is 11.3 Å². The summed E-state index contributed by atoms with van der Waals surface area (Å²) in [6.45, 7) is 0. The smallest absolute Gasteiger partial charge is 0.196 e. The van der Waals surface area contributed by atoms with E-state index in [-0.39, 0.29) is 28.0 Å². The Hall–Kier alpha value is -3.87. The third kappa shape index (κ3) is 3.30. The summed E-state index contributed by atoms with van der Waals surface area (Å²) in [6, 6.07) is 11.6. The molecule has 7 nitrogen and oxygen atoms in total. The fourth-order valence-corrected chi connectivity index (χ4v) is 2.68. The average Bonchev–Trinajstić information content (AvgIpc) is 3.12. The number of carbonyl (C=O) groups is 3. The second kappa shape index (κ2) is 7.17. The van der Waals surface area contributed by atoms with Crippen molar-refractivity contribution in [3.05, 3.63) is 77.0 Å². The molecule has 27 heavy (non-hydrogen) atoms. The summed E-state index contributed by atoms with van der Waals surface area (Å²) in [6.07, 6.45) is 0.971. The van der Waals surface area contributed by atoms with E-state index in [1.807, 2.05) is 0 Å². The molecule has 0 aliphatic carbocycles. The number of hydrogen-bond acceptors (Lipinski definition) is 7. The van der Waals surface area contributed by atoms with Crippen LogP contribution in [-0.2, 0) is 0 Å². The Bertz CT molecular complexity index is 1030. The number of methoxy groups -OCH3 is 1. The summed E-state index contributed by atoms with van der Waals surface area (Å²) in [5.74, 6) is -3.54. The first kappa shape index (κ1) is 17.9. The van der Waals surface area contributed by atoms with Gasteiger partial charge in [-0.3, -0.25) is 4.79 Å². The van der Waals surface area contributed by atoms with Crippen LogP contribution in [0.2, 0.25) is 0 Å². The summed E-state index contributed by atoms with van der Waals surface area (Å²) < 4.78 is 10.3. The first-order valence-electron chi connectivity index (χ1n) is 7.76. The van der Waals surface area contributed by atoms with Crippen LogP contribution in [0.1, 0.15) is 36.6 Å². The van der Waals surface area contributed by atoms with E-state index in [2.05, 4.69) is 0 Å². The maximum absolute atomic E-state index is 12.7. The number of benzene rings is 2. The fraction of sp³-hybridized carbons (Fsp3) is 0.0500. The summed E-state index contributed by atoms with van der Waals surface area (Å²) >= 11 is 0. The molecule has 0 amide bonds. The van der Waals surface area contributed by atoms with E-state index in [1.165, 1.54) is 43.5 Å². The van der Waals surface area contributed by atoms with E-state index in [0.717, 1.165) is 6.26 Å². The molecule has 0 fully saturated rings. The molecule has 0 saturated heterocycles. The van der Waals surface area contributed by atoms with Crippen LogP contribution in [0.4, 0.5) is 0 Å². The number of ether oxygens (including phenoxy) is 1. The Morgan fingerprint density at radius 2 is 1.56 bits per heavy atom. The monoisotopic (exact) mass is 364 g/mol. The molecule has 0 N–H and O–H groups in total. The van der Waals surface area contributed by atoms with Crippen molar-refractivity contribution in [2.24, 2.45) is 0 Å². The Morgan fingerprint density at radius 3 is 2.15 bits per heavy atom. The van der Waals surface area contributed by atoms with Gasteiger partial charge in [-0.05, 0) is 24.3 Å². The highest BCUT2D eigenvalue weighted by atomic mass is 16.5. The molecule has 1 aromatic heterocycles. The lowest BCUT2D eigenvalue weighted by atomic mass is 9.97. The first-order chi connectivity index (χ1) is 12.9. The van der Waals surface area contributed by atoms with Crippen LogP contribution in [0, 0.1) is 0 Å². The molecule has 136 valence electrons. The summed E-state index contributed by atoms with van der Waals surface area (Å²) in [5, 5.41) is 23.0. The molecule has 0 aliphatic heterocycles. The van der Waals surface area contributed by atoms with E-state index in [4.69, 9.17) is 9.15 Å². The zero-order chi connectivity index (χ0) is 19.6. The SMILES string of the molecule is COc1ccc(C(=O)c2coc(-c3ccccc3C(=O)[O-])c2C(=O)[O-])cc1. The molecular formula is C20H12O7-2. The second-order valence-electron chi connectivity index (χ2n) is 5.53. The summed E-state index contributed by atoms with van der Waals surface area (Å²) in [4.78, 5) is 35.7. The van der Waals surface area contributed by atoms with E-state index in [0.29, 0.717) is 5.75 Å². The number of hydrogen-bond donors (Lipinski definition) is 0. The van der Waals surface area contributed by atoms with Crippen LogP contribution in [0.5, 0.6) is 5.75 Å². The maximum Gasteiger partial charge on any atom is 0.196 e. The Morgan fingerprint density at radius 1 is 0.889 bits per heavy atom. The largest absolute Gasteiger partial charge is 0.545 e. The summed E-state index contributed by atoms with van der Waals surface area (Å²) in [7, 11) is 1.47. The van der Waals surface area contributed by atoms with Crippen molar-refractivity contribution in [3.8, 4) is 17.1 Å². The molecule has 3 rings (SSSR count). The predicted molar refractivity (Wildman–Crippen MR) is 89.2 cm³/mol.